The van der Waals surface area contributed by atoms with Crippen LogP contribution in [0.3, 0.4) is 0 Å². The van der Waals surface area contributed by atoms with E-state index in [1.54, 1.807) is 0 Å². The minimum Gasteiger partial charge on any atom is -0.383 e. The van der Waals surface area contributed by atoms with E-state index < -0.39 is 0 Å². The molecule has 2 nitrogen and oxygen atoms in total. The summed E-state index contributed by atoms with van der Waals surface area (Å²) in [4.78, 5) is 5.22. The second-order valence-electron chi connectivity index (χ2n) is 16.1. The highest BCUT2D eigenvalue weighted by atomic mass is 14.9. The third kappa shape index (κ3) is 6.73. The molecule has 0 fully saturated rings. The molecule has 0 aromatic heterocycles. The Balaban J connectivity index is 1.05. The van der Waals surface area contributed by atoms with Gasteiger partial charge in [0.1, 0.15) is 5.84 Å². The molecule has 282 valence electrons. The molecular weight excluding hydrogens is 713 g/mol. The van der Waals surface area contributed by atoms with Crippen molar-refractivity contribution in [2.24, 2.45) is 10.7 Å². The molecule has 1 aliphatic rings. The fourth-order valence-electron chi connectivity index (χ4n) is 8.92. The van der Waals surface area contributed by atoms with Gasteiger partial charge < -0.3 is 5.73 Å². The van der Waals surface area contributed by atoms with Crippen LogP contribution < -0.4 is 5.73 Å². The Kier molecular flexibility index (Phi) is 9.11. The highest BCUT2D eigenvalue weighted by Gasteiger charge is 2.36. The molecule has 2 N–H and O–H groups in total. The molecule has 0 aliphatic heterocycles. The number of nitrogens with two attached hydrogens (primary N) is 1. The normalized spacial score (nSPS) is 13.4. The molecule has 0 spiro atoms. The van der Waals surface area contributed by atoms with E-state index in [1.807, 2.05) is 6.07 Å². The Morgan fingerprint density at radius 2 is 1.00 bits per heavy atom. The Hall–Kier alpha value is -7.29. The van der Waals surface area contributed by atoms with Crippen LogP contribution in [0, 0.1) is 0 Å². The molecule has 1 aliphatic carbocycles. The maximum Gasteiger partial charge on any atom is 0.131 e. The van der Waals surface area contributed by atoms with Gasteiger partial charge in [-0.3, -0.25) is 0 Å². The van der Waals surface area contributed by atoms with Gasteiger partial charge in [0, 0.05) is 16.5 Å². The molecule has 0 amide bonds. The van der Waals surface area contributed by atoms with E-state index in [2.05, 4.69) is 214 Å². The van der Waals surface area contributed by atoms with Gasteiger partial charge in [0.2, 0.25) is 0 Å². The van der Waals surface area contributed by atoms with Crippen LogP contribution in [0.5, 0.6) is 0 Å². The van der Waals surface area contributed by atoms with Gasteiger partial charge in [0.15, 0.2) is 0 Å². The van der Waals surface area contributed by atoms with Crippen molar-refractivity contribution in [3.8, 4) is 44.5 Å². The lowest BCUT2D eigenvalue weighted by atomic mass is 9.81. The predicted octanol–water partition coefficient (Wildman–Crippen LogP) is 14.3. The number of fused-ring (bicyclic) bond motifs is 5. The molecule has 9 aromatic rings. The Morgan fingerprint density at radius 3 is 1.68 bits per heavy atom. The molecule has 0 radical (unpaired) electrons. The lowest BCUT2D eigenvalue weighted by molar-refractivity contribution is 0.661. The molecule has 0 unspecified atom stereocenters. The maximum absolute atomic E-state index is 6.90. The third-order valence-corrected chi connectivity index (χ3v) is 12.2. The van der Waals surface area contributed by atoms with Crippen LogP contribution in [0.2, 0.25) is 0 Å². The van der Waals surface area contributed by atoms with E-state index in [4.69, 9.17) is 10.7 Å². The number of hydrogen-bond acceptors (Lipinski definition) is 1. The molecule has 10 rings (SSSR count). The molecule has 0 atom stereocenters. The highest BCUT2D eigenvalue weighted by molar-refractivity contribution is 6.06. The number of nitrogens with zero attached hydrogens (tertiary/aromatic N) is 1. The monoisotopic (exact) mass is 756 g/mol. The second kappa shape index (κ2) is 14.9. The summed E-state index contributed by atoms with van der Waals surface area (Å²) in [6.07, 6.45) is 2.93. The molecule has 0 heterocycles. The van der Waals surface area contributed by atoms with Crippen molar-refractivity contribution in [1.82, 2.24) is 0 Å². The van der Waals surface area contributed by atoms with E-state index >= 15 is 0 Å². The third-order valence-electron chi connectivity index (χ3n) is 12.2. The summed E-state index contributed by atoms with van der Waals surface area (Å²) in [5, 5.41) is 4.89. The van der Waals surface area contributed by atoms with E-state index in [0.717, 1.165) is 27.8 Å². The first kappa shape index (κ1) is 36.1. The standard InChI is InChI=1S/C57H44N2/c1-57(2)53-37-46(30-31-50(53)52-35-44-17-9-10-18-45(44)36-54(52)57)47-32-33-51(49-20-12-11-19-48(47)49)55(34-23-38-21-24-41(25-22-38)39-13-5-3-6-14-39)59-56(58)43-28-26-42(27-29-43)40-15-7-4-8-16-40/h3-22,24-37H,23H2,1-2H3,(H2,58,59)/b55-34-. The maximum atomic E-state index is 6.90. The summed E-state index contributed by atoms with van der Waals surface area (Å²) >= 11 is 0. The van der Waals surface area contributed by atoms with Gasteiger partial charge in [-0.05, 0) is 107 Å². The molecule has 59 heavy (non-hydrogen) atoms. The molecular formula is C57H44N2. The van der Waals surface area contributed by atoms with Gasteiger partial charge >= 0.3 is 0 Å². The number of rotatable bonds is 8. The topological polar surface area (TPSA) is 38.4 Å². The molecule has 0 bridgehead atoms. The van der Waals surface area contributed by atoms with E-state index in [9.17, 15) is 0 Å². The van der Waals surface area contributed by atoms with Gasteiger partial charge in [-0.25, -0.2) is 4.99 Å². The fraction of sp³-hybridized carbons (Fsp3) is 0.0702. The number of hydrogen-bond donors (Lipinski definition) is 1. The summed E-state index contributed by atoms with van der Waals surface area (Å²) in [5.41, 5.74) is 23.3. The molecule has 0 saturated heterocycles. The average Bonchev–Trinajstić information content (AvgIpc) is 3.51. The summed E-state index contributed by atoms with van der Waals surface area (Å²) in [5.74, 6) is 0.483. The zero-order valence-corrected chi connectivity index (χ0v) is 33.4. The van der Waals surface area contributed by atoms with Crippen molar-refractivity contribution >= 4 is 33.1 Å². The van der Waals surface area contributed by atoms with E-state index in [0.29, 0.717) is 12.3 Å². The fourth-order valence-corrected chi connectivity index (χ4v) is 8.92. The first-order chi connectivity index (χ1) is 28.9. The Morgan fingerprint density at radius 1 is 0.475 bits per heavy atom. The van der Waals surface area contributed by atoms with Crippen molar-refractivity contribution in [3.05, 3.63) is 234 Å². The van der Waals surface area contributed by atoms with Crippen LogP contribution in [0.1, 0.15) is 41.7 Å². The number of allylic oxidation sites excluding steroid dienone is 1. The first-order valence-electron chi connectivity index (χ1n) is 20.5. The second-order valence-corrected chi connectivity index (χ2v) is 16.1. The zero-order valence-electron chi connectivity index (χ0n) is 33.4. The minimum absolute atomic E-state index is 0.124. The summed E-state index contributed by atoms with van der Waals surface area (Å²) in [6, 6.07) is 71.8. The first-order valence-corrected chi connectivity index (χ1v) is 20.5. The lowest BCUT2D eigenvalue weighted by Crippen LogP contribution is -2.15. The van der Waals surface area contributed by atoms with Crippen LogP contribution in [-0.4, -0.2) is 5.84 Å². The Labute approximate surface area is 346 Å². The minimum atomic E-state index is -0.124. The van der Waals surface area contributed by atoms with Crippen LogP contribution >= 0.6 is 0 Å². The van der Waals surface area contributed by atoms with Crippen molar-refractivity contribution in [2.75, 3.05) is 0 Å². The van der Waals surface area contributed by atoms with Crippen molar-refractivity contribution < 1.29 is 0 Å². The van der Waals surface area contributed by atoms with Crippen molar-refractivity contribution in [3.63, 3.8) is 0 Å². The average molecular weight is 757 g/mol. The van der Waals surface area contributed by atoms with Gasteiger partial charge in [0.25, 0.3) is 0 Å². The van der Waals surface area contributed by atoms with Crippen LogP contribution in [0.25, 0.3) is 71.7 Å². The van der Waals surface area contributed by atoms with E-state index in [1.165, 1.54) is 71.8 Å². The highest BCUT2D eigenvalue weighted by Crippen LogP contribution is 2.51. The van der Waals surface area contributed by atoms with Gasteiger partial charge in [-0.15, -0.1) is 0 Å². The molecule has 2 heteroatoms. The molecule has 9 aromatic carbocycles. The quantitative estimate of drug-likeness (QED) is 0.122. The van der Waals surface area contributed by atoms with Crippen LogP contribution in [-0.2, 0) is 11.8 Å². The SMILES string of the molecule is CC1(C)c2cc(-c3ccc(/C(=C/Cc4ccc(-c5ccccc5)cc4)N=C(N)c4ccc(-c5ccccc5)cc4)c4ccccc34)ccc2-c2cc3ccccc3cc21. The Bertz CT molecular complexity index is 3060. The number of aliphatic imine (C=N–C) groups is 1. The summed E-state index contributed by atoms with van der Waals surface area (Å²) < 4.78 is 0. The van der Waals surface area contributed by atoms with Crippen LogP contribution in [0.15, 0.2) is 211 Å². The predicted molar refractivity (Wildman–Crippen MR) is 251 cm³/mol. The smallest absolute Gasteiger partial charge is 0.131 e. The zero-order chi connectivity index (χ0) is 39.9. The van der Waals surface area contributed by atoms with E-state index in [-0.39, 0.29) is 5.41 Å². The molecule has 0 saturated carbocycles. The van der Waals surface area contributed by atoms with Gasteiger partial charge in [-0.1, -0.05) is 202 Å². The van der Waals surface area contributed by atoms with Gasteiger partial charge in [0.05, 0.1) is 5.70 Å². The van der Waals surface area contributed by atoms with Crippen molar-refractivity contribution in [1.29, 1.82) is 0 Å². The lowest BCUT2D eigenvalue weighted by Gasteiger charge is -2.22. The van der Waals surface area contributed by atoms with Crippen LogP contribution in [0.4, 0.5) is 0 Å². The number of benzene rings is 9. The van der Waals surface area contributed by atoms with Gasteiger partial charge in [-0.2, -0.15) is 0 Å². The summed E-state index contributed by atoms with van der Waals surface area (Å²) in [7, 11) is 0. The van der Waals surface area contributed by atoms with Crippen molar-refractivity contribution in [2.45, 2.75) is 25.7 Å². The number of amidine groups is 1. The summed E-state index contributed by atoms with van der Waals surface area (Å²) in [6.45, 7) is 4.72. The largest absolute Gasteiger partial charge is 0.383 e.